The van der Waals surface area contributed by atoms with Crippen LogP contribution >= 0.6 is 0 Å². The lowest BCUT2D eigenvalue weighted by Crippen LogP contribution is -2.29. The van der Waals surface area contributed by atoms with E-state index in [-0.39, 0.29) is 11.8 Å². The highest BCUT2D eigenvalue weighted by atomic mass is 32.2. The first-order valence-corrected chi connectivity index (χ1v) is 8.07. The monoisotopic (exact) mass is 289 g/mol. The quantitative estimate of drug-likeness (QED) is 0.894. The van der Waals surface area contributed by atoms with Crippen molar-refractivity contribution in [3.05, 3.63) is 53.6 Å². The number of H-pyrrole nitrogens is 1. The molecule has 0 bridgehead atoms. The van der Waals surface area contributed by atoms with E-state index in [0.29, 0.717) is 6.54 Å². The molecule has 3 rings (SSSR count). The molecule has 104 valence electrons. The largest absolute Gasteiger partial charge is 0.305 e. The Morgan fingerprint density at radius 1 is 1.30 bits per heavy atom. The van der Waals surface area contributed by atoms with Gasteiger partial charge < -0.3 is 5.32 Å². The molecule has 1 atom stereocenters. The molecule has 0 spiro atoms. The Kier molecular flexibility index (Phi) is 3.42. The second-order valence-corrected chi connectivity index (χ2v) is 6.71. The van der Waals surface area contributed by atoms with Crippen LogP contribution in [0.4, 0.5) is 0 Å². The van der Waals surface area contributed by atoms with Crippen LogP contribution in [0.25, 0.3) is 11.3 Å². The van der Waals surface area contributed by atoms with Gasteiger partial charge in [-0.3, -0.25) is 5.10 Å². The molecule has 1 aromatic heterocycles. The van der Waals surface area contributed by atoms with Gasteiger partial charge in [0, 0.05) is 23.6 Å². The molecule has 1 aliphatic rings. The molecule has 2 heterocycles. The Hall–Kier alpha value is -1.92. The third-order valence-corrected chi connectivity index (χ3v) is 4.66. The lowest BCUT2D eigenvalue weighted by molar-refractivity contribution is 0.590. The second kappa shape index (κ2) is 5.22. The van der Waals surface area contributed by atoms with Crippen LogP contribution in [0.1, 0.15) is 5.56 Å². The highest BCUT2D eigenvalue weighted by molar-refractivity contribution is 7.94. The number of hydrogen-bond acceptors (Lipinski definition) is 4. The average Bonchev–Trinajstić information content (AvgIpc) is 3.03. The van der Waals surface area contributed by atoms with E-state index >= 15 is 0 Å². The van der Waals surface area contributed by atoms with Gasteiger partial charge in [0.25, 0.3) is 0 Å². The standard InChI is InChI=1S/C14H15N3O2S/c18-20(19)7-6-13(10-20)15-8-12-9-16-17-14(12)11-4-2-1-3-5-11/h1-7,9,13,15H,8,10H2,(H,16,17). The molecule has 5 nitrogen and oxygen atoms in total. The molecule has 2 N–H and O–H groups in total. The molecule has 0 saturated carbocycles. The van der Waals surface area contributed by atoms with Gasteiger partial charge in [0.2, 0.25) is 0 Å². The van der Waals surface area contributed by atoms with Gasteiger partial charge in [0.05, 0.1) is 17.6 Å². The summed E-state index contributed by atoms with van der Waals surface area (Å²) in [5.41, 5.74) is 3.05. The van der Waals surface area contributed by atoms with E-state index < -0.39 is 9.84 Å². The fourth-order valence-electron chi connectivity index (χ4n) is 2.24. The van der Waals surface area contributed by atoms with Gasteiger partial charge in [-0.1, -0.05) is 36.4 Å². The highest BCUT2D eigenvalue weighted by Crippen LogP contribution is 2.20. The lowest BCUT2D eigenvalue weighted by Gasteiger charge is -2.10. The van der Waals surface area contributed by atoms with Crippen LogP contribution in [-0.4, -0.2) is 30.4 Å². The highest BCUT2D eigenvalue weighted by Gasteiger charge is 2.21. The topological polar surface area (TPSA) is 74.8 Å². The van der Waals surface area contributed by atoms with Crippen molar-refractivity contribution in [2.45, 2.75) is 12.6 Å². The van der Waals surface area contributed by atoms with Crippen molar-refractivity contribution in [2.75, 3.05) is 5.75 Å². The van der Waals surface area contributed by atoms with Crippen LogP contribution in [0.5, 0.6) is 0 Å². The molecule has 1 unspecified atom stereocenters. The van der Waals surface area contributed by atoms with E-state index in [4.69, 9.17) is 0 Å². The average molecular weight is 289 g/mol. The van der Waals surface area contributed by atoms with Crippen LogP contribution in [0.15, 0.2) is 48.0 Å². The summed E-state index contributed by atoms with van der Waals surface area (Å²) in [7, 11) is -3.02. The number of rotatable bonds is 4. The van der Waals surface area contributed by atoms with Gasteiger partial charge in [-0.2, -0.15) is 5.10 Å². The van der Waals surface area contributed by atoms with Crippen LogP contribution in [-0.2, 0) is 16.4 Å². The van der Waals surface area contributed by atoms with Crippen LogP contribution in [0.2, 0.25) is 0 Å². The van der Waals surface area contributed by atoms with E-state index in [9.17, 15) is 8.42 Å². The van der Waals surface area contributed by atoms with Crippen molar-refractivity contribution in [2.24, 2.45) is 0 Å². The van der Waals surface area contributed by atoms with Crippen molar-refractivity contribution in [3.8, 4) is 11.3 Å². The minimum absolute atomic E-state index is 0.126. The SMILES string of the molecule is O=S1(=O)C=CC(NCc2cn[nH]c2-c2ccccc2)C1. The number of sulfone groups is 1. The summed E-state index contributed by atoms with van der Waals surface area (Å²) in [5.74, 6) is 0.130. The van der Waals surface area contributed by atoms with E-state index in [1.165, 1.54) is 5.41 Å². The summed E-state index contributed by atoms with van der Waals surface area (Å²) in [4.78, 5) is 0. The Labute approximate surface area is 117 Å². The summed E-state index contributed by atoms with van der Waals surface area (Å²) < 4.78 is 22.7. The van der Waals surface area contributed by atoms with Crippen molar-refractivity contribution >= 4 is 9.84 Å². The predicted octanol–water partition coefficient (Wildman–Crippen LogP) is 1.48. The molecule has 2 aromatic rings. The van der Waals surface area contributed by atoms with Crippen molar-refractivity contribution < 1.29 is 8.42 Å². The van der Waals surface area contributed by atoms with Gasteiger partial charge in [-0.05, 0) is 5.56 Å². The van der Waals surface area contributed by atoms with Gasteiger partial charge in [-0.25, -0.2) is 8.42 Å². The fraction of sp³-hybridized carbons (Fsp3) is 0.214. The summed E-state index contributed by atoms with van der Waals surface area (Å²) in [6, 6.07) is 9.80. The van der Waals surface area contributed by atoms with Crippen molar-refractivity contribution in [1.29, 1.82) is 0 Å². The van der Waals surface area contributed by atoms with Crippen molar-refractivity contribution in [1.82, 2.24) is 15.5 Å². The van der Waals surface area contributed by atoms with Crippen molar-refractivity contribution in [3.63, 3.8) is 0 Å². The fourth-order valence-corrected chi connectivity index (χ4v) is 3.51. The third-order valence-electron chi connectivity index (χ3n) is 3.27. The number of nitrogens with one attached hydrogen (secondary N) is 2. The number of hydrogen-bond donors (Lipinski definition) is 2. The molecule has 0 fully saturated rings. The van der Waals surface area contributed by atoms with E-state index in [0.717, 1.165) is 16.8 Å². The summed E-state index contributed by atoms with van der Waals surface area (Å²) in [6.45, 7) is 0.575. The zero-order valence-electron chi connectivity index (χ0n) is 10.8. The van der Waals surface area contributed by atoms with Crippen LogP contribution < -0.4 is 5.32 Å². The first-order valence-electron chi connectivity index (χ1n) is 6.36. The number of nitrogens with zero attached hydrogens (tertiary/aromatic N) is 1. The van der Waals surface area contributed by atoms with E-state index in [2.05, 4.69) is 15.5 Å². The second-order valence-electron chi connectivity index (χ2n) is 4.78. The number of aromatic nitrogens is 2. The molecule has 0 radical (unpaired) electrons. The van der Waals surface area contributed by atoms with Crippen LogP contribution in [0.3, 0.4) is 0 Å². The number of benzene rings is 1. The first kappa shape index (κ1) is 13.1. The maximum atomic E-state index is 11.3. The van der Waals surface area contributed by atoms with E-state index in [1.54, 1.807) is 12.3 Å². The Balaban J connectivity index is 1.71. The molecule has 6 heteroatoms. The zero-order valence-corrected chi connectivity index (χ0v) is 11.6. The van der Waals surface area contributed by atoms with Gasteiger partial charge in [0.15, 0.2) is 9.84 Å². The molecular weight excluding hydrogens is 274 g/mol. The predicted molar refractivity (Wildman–Crippen MR) is 77.6 cm³/mol. The van der Waals surface area contributed by atoms with Gasteiger partial charge >= 0.3 is 0 Å². The molecule has 0 saturated heterocycles. The third kappa shape index (κ3) is 2.81. The minimum Gasteiger partial charge on any atom is -0.305 e. The smallest absolute Gasteiger partial charge is 0.173 e. The molecule has 20 heavy (non-hydrogen) atoms. The molecule has 1 aromatic carbocycles. The Morgan fingerprint density at radius 3 is 2.80 bits per heavy atom. The molecule has 0 aliphatic carbocycles. The van der Waals surface area contributed by atoms with Crippen LogP contribution in [0, 0.1) is 0 Å². The normalized spacial score (nSPS) is 20.3. The summed E-state index contributed by atoms with van der Waals surface area (Å²) in [5, 5.41) is 11.6. The van der Waals surface area contributed by atoms with Gasteiger partial charge in [-0.15, -0.1) is 0 Å². The van der Waals surface area contributed by atoms with E-state index in [1.807, 2.05) is 30.3 Å². The Morgan fingerprint density at radius 2 is 2.10 bits per heavy atom. The first-order chi connectivity index (χ1) is 9.64. The molecule has 1 aliphatic heterocycles. The number of aromatic amines is 1. The molecule has 0 amide bonds. The molecular formula is C14H15N3O2S. The summed E-state index contributed by atoms with van der Waals surface area (Å²) in [6.07, 6.45) is 3.46. The van der Waals surface area contributed by atoms with Gasteiger partial charge in [0.1, 0.15) is 0 Å². The minimum atomic E-state index is -3.02. The zero-order chi connectivity index (χ0) is 14.0. The summed E-state index contributed by atoms with van der Waals surface area (Å²) >= 11 is 0. The maximum absolute atomic E-state index is 11.3. The Bertz CT molecular complexity index is 720. The maximum Gasteiger partial charge on any atom is 0.173 e. The lowest BCUT2D eigenvalue weighted by atomic mass is 10.1.